The van der Waals surface area contributed by atoms with Gasteiger partial charge in [-0.25, -0.2) is 9.37 Å². The number of nitrogens with zero attached hydrogens (tertiary/aromatic N) is 2. The fraction of sp³-hybridized carbons (Fsp3) is 0.393. The van der Waals surface area contributed by atoms with Crippen LogP contribution in [0.25, 0.3) is 11.4 Å². The molecule has 0 aliphatic rings. The number of imidazole rings is 1. The molecule has 8 nitrogen and oxygen atoms in total. The topological polar surface area (TPSA) is 125 Å². The monoisotopic (exact) mass is 511 g/mol. The van der Waals surface area contributed by atoms with E-state index in [1.54, 1.807) is 12.1 Å². The standard InChI is InChI=1S/C28H34FN3O5/c1-2-6-24-26(28(37)30-15-13-19-7-4-3-5-8-19)31-27(20-9-11-21(29)12-10-20)32(24)16-14-22(33)17-23(34)18-25(35)36/h3-5,7-12,22-23,33-34H,2,6,13-18H2,1H3,(H,30,37)(H,35,36)/t22-,23-/m1/s1. The Morgan fingerprint density at radius 2 is 1.73 bits per heavy atom. The van der Waals surface area contributed by atoms with Gasteiger partial charge in [-0.2, -0.15) is 0 Å². The molecular weight excluding hydrogens is 477 g/mol. The van der Waals surface area contributed by atoms with Crippen LogP contribution in [0.3, 0.4) is 0 Å². The summed E-state index contributed by atoms with van der Waals surface area (Å²) in [6.45, 7) is 2.71. The molecule has 2 aromatic carbocycles. The molecule has 0 aliphatic heterocycles. The van der Waals surface area contributed by atoms with E-state index in [-0.39, 0.29) is 31.0 Å². The van der Waals surface area contributed by atoms with Crippen LogP contribution >= 0.6 is 0 Å². The molecular formula is C28H34FN3O5. The summed E-state index contributed by atoms with van der Waals surface area (Å²) in [4.78, 5) is 28.7. The Kier molecular flexibility index (Phi) is 10.3. The minimum absolute atomic E-state index is 0.0805. The molecule has 37 heavy (non-hydrogen) atoms. The van der Waals surface area contributed by atoms with Gasteiger partial charge in [-0.3, -0.25) is 9.59 Å². The van der Waals surface area contributed by atoms with Crippen molar-refractivity contribution >= 4 is 11.9 Å². The quantitative estimate of drug-likeness (QED) is 0.262. The number of amides is 1. The predicted octanol–water partition coefficient (Wildman–Crippen LogP) is 3.59. The first-order chi connectivity index (χ1) is 17.8. The van der Waals surface area contributed by atoms with Crippen molar-refractivity contribution in [3.8, 4) is 11.4 Å². The molecule has 198 valence electrons. The van der Waals surface area contributed by atoms with Gasteiger partial charge >= 0.3 is 5.97 Å². The summed E-state index contributed by atoms with van der Waals surface area (Å²) < 4.78 is 15.4. The van der Waals surface area contributed by atoms with Crippen LogP contribution in [0.15, 0.2) is 54.6 Å². The molecule has 0 saturated heterocycles. The molecule has 0 radical (unpaired) electrons. The normalized spacial score (nSPS) is 12.8. The third-order valence-electron chi connectivity index (χ3n) is 6.06. The van der Waals surface area contributed by atoms with Crippen LogP contribution in [0.5, 0.6) is 0 Å². The lowest BCUT2D eigenvalue weighted by Gasteiger charge is -2.17. The number of carboxylic acids is 1. The Balaban J connectivity index is 1.84. The number of aliphatic hydroxyl groups excluding tert-OH is 2. The second-order valence-electron chi connectivity index (χ2n) is 9.06. The molecule has 0 aliphatic carbocycles. The van der Waals surface area contributed by atoms with Gasteiger partial charge in [0, 0.05) is 18.7 Å². The van der Waals surface area contributed by atoms with Gasteiger partial charge in [-0.15, -0.1) is 0 Å². The fourth-order valence-corrected chi connectivity index (χ4v) is 4.26. The van der Waals surface area contributed by atoms with Gasteiger partial charge in [0.2, 0.25) is 0 Å². The van der Waals surface area contributed by atoms with Crippen LogP contribution in [0, 0.1) is 5.82 Å². The lowest BCUT2D eigenvalue weighted by Crippen LogP contribution is -2.27. The van der Waals surface area contributed by atoms with E-state index < -0.39 is 30.4 Å². The first-order valence-corrected chi connectivity index (χ1v) is 12.5. The molecule has 2 atom stereocenters. The van der Waals surface area contributed by atoms with Crippen LogP contribution < -0.4 is 5.32 Å². The number of aromatic nitrogens is 2. The van der Waals surface area contributed by atoms with Crippen LogP contribution in [-0.2, 0) is 24.2 Å². The van der Waals surface area contributed by atoms with E-state index in [2.05, 4.69) is 10.3 Å². The van der Waals surface area contributed by atoms with E-state index in [4.69, 9.17) is 5.11 Å². The van der Waals surface area contributed by atoms with Crippen molar-refractivity contribution in [2.45, 2.75) is 64.2 Å². The summed E-state index contributed by atoms with van der Waals surface area (Å²) in [6.07, 6.45) is -0.436. The molecule has 1 amide bonds. The zero-order valence-electron chi connectivity index (χ0n) is 20.9. The summed E-state index contributed by atoms with van der Waals surface area (Å²) in [6, 6.07) is 15.7. The van der Waals surface area contributed by atoms with Gasteiger partial charge in [0.25, 0.3) is 5.91 Å². The zero-order valence-corrected chi connectivity index (χ0v) is 20.9. The van der Waals surface area contributed by atoms with E-state index in [1.807, 2.05) is 41.8 Å². The number of aliphatic carboxylic acids is 1. The maximum atomic E-state index is 13.6. The van der Waals surface area contributed by atoms with Gasteiger partial charge < -0.3 is 25.2 Å². The van der Waals surface area contributed by atoms with Crippen LogP contribution in [0.1, 0.15) is 54.4 Å². The summed E-state index contributed by atoms with van der Waals surface area (Å²) in [7, 11) is 0. The summed E-state index contributed by atoms with van der Waals surface area (Å²) in [5, 5.41) is 32.1. The van der Waals surface area contributed by atoms with Crippen LogP contribution in [-0.4, -0.2) is 55.5 Å². The number of carboxylic acid groups (broad SMARTS) is 1. The Morgan fingerprint density at radius 3 is 2.38 bits per heavy atom. The number of benzene rings is 2. The average Bonchev–Trinajstić information content (AvgIpc) is 3.21. The highest BCUT2D eigenvalue weighted by Crippen LogP contribution is 2.25. The predicted molar refractivity (Wildman–Crippen MR) is 138 cm³/mol. The van der Waals surface area contributed by atoms with E-state index in [9.17, 15) is 24.2 Å². The number of hydrogen-bond donors (Lipinski definition) is 4. The minimum atomic E-state index is -1.16. The number of rotatable bonds is 14. The Hall–Kier alpha value is -3.56. The largest absolute Gasteiger partial charge is 0.481 e. The molecule has 4 N–H and O–H groups in total. The first kappa shape index (κ1) is 28.0. The van der Waals surface area contributed by atoms with Crippen molar-refractivity contribution in [3.05, 3.63) is 77.4 Å². The van der Waals surface area contributed by atoms with Crippen molar-refractivity contribution in [2.24, 2.45) is 0 Å². The number of aliphatic hydroxyl groups is 2. The third kappa shape index (κ3) is 8.23. The Morgan fingerprint density at radius 1 is 1.03 bits per heavy atom. The van der Waals surface area contributed by atoms with Crippen molar-refractivity contribution in [1.29, 1.82) is 0 Å². The van der Waals surface area contributed by atoms with Crippen molar-refractivity contribution < 1.29 is 29.3 Å². The molecule has 0 unspecified atom stereocenters. The molecule has 1 heterocycles. The maximum Gasteiger partial charge on any atom is 0.305 e. The zero-order chi connectivity index (χ0) is 26.8. The van der Waals surface area contributed by atoms with E-state index >= 15 is 0 Å². The molecule has 0 bridgehead atoms. The molecule has 0 fully saturated rings. The van der Waals surface area contributed by atoms with Crippen molar-refractivity contribution in [3.63, 3.8) is 0 Å². The first-order valence-electron chi connectivity index (χ1n) is 12.5. The lowest BCUT2D eigenvalue weighted by molar-refractivity contribution is -0.139. The SMILES string of the molecule is CCCc1c(C(=O)NCCc2ccccc2)nc(-c2ccc(F)cc2)n1CC[C@@H](O)C[C@@H](O)CC(=O)O. The molecule has 1 aromatic heterocycles. The van der Waals surface area contributed by atoms with Gasteiger partial charge in [0.1, 0.15) is 17.3 Å². The van der Waals surface area contributed by atoms with Crippen molar-refractivity contribution in [1.82, 2.24) is 14.9 Å². The van der Waals surface area contributed by atoms with Gasteiger partial charge in [0.15, 0.2) is 0 Å². The van der Waals surface area contributed by atoms with Gasteiger partial charge in [-0.1, -0.05) is 43.7 Å². The Bertz CT molecular complexity index is 1160. The second-order valence-corrected chi connectivity index (χ2v) is 9.06. The van der Waals surface area contributed by atoms with Gasteiger partial charge in [0.05, 0.1) is 24.3 Å². The molecule has 0 saturated carbocycles. The molecule has 3 aromatic rings. The van der Waals surface area contributed by atoms with Crippen LogP contribution in [0.2, 0.25) is 0 Å². The summed E-state index contributed by atoms with van der Waals surface area (Å²) in [5.74, 6) is -1.35. The number of carbonyl (C=O) groups is 2. The van der Waals surface area contributed by atoms with E-state index in [0.29, 0.717) is 36.5 Å². The maximum absolute atomic E-state index is 13.6. The van der Waals surface area contributed by atoms with Crippen LogP contribution in [0.4, 0.5) is 4.39 Å². The number of carbonyl (C=O) groups excluding carboxylic acids is 1. The highest BCUT2D eigenvalue weighted by Gasteiger charge is 2.24. The smallest absolute Gasteiger partial charge is 0.305 e. The van der Waals surface area contributed by atoms with E-state index in [0.717, 1.165) is 12.0 Å². The van der Waals surface area contributed by atoms with Gasteiger partial charge in [-0.05, 0) is 55.5 Å². The average molecular weight is 512 g/mol. The fourth-order valence-electron chi connectivity index (χ4n) is 4.26. The highest BCUT2D eigenvalue weighted by molar-refractivity contribution is 5.94. The molecule has 9 heteroatoms. The summed E-state index contributed by atoms with van der Waals surface area (Å²) in [5.41, 5.74) is 2.72. The molecule has 3 rings (SSSR count). The lowest BCUT2D eigenvalue weighted by atomic mass is 10.1. The number of nitrogens with one attached hydrogen (secondary N) is 1. The molecule has 0 spiro atoms. The van der Waals surface area contributed by atoms with E-state index in [1.165, 1.54) is 12.1 Å². The minimum Gasteiger partial charge on any atom is -0.481 e. The Labute approximate surface area is 215 Å². The number of hydrogen-bond acceptors (Lipinski definition) is 5. The third-order valence-corrected chi connectivity index (χ3v) is 6.06. The summed E-state index contributed by atoms with van der Waals surface area (Å²) >= 11 is 0. The number of halogens is 1. The highest BCUT2D eigenvalue weighted by atomic mass is 19.1. The van der Waals surface area contributed by atoms with Crippen molar-refractivity contribution in [2.75, 3.05) is 6.54 Å². The second kappa shape index (κ2) is 13.7.